The van der Waals surface area contributed by atoms with Crippen LogP contribution in [0.3, 0.4) is 0 Å². The minimum Gasteiger partial charge on any atom is -0.338 e. The van der Waals surface area contributed by atoms with Gasteiger partial charge in [0.15, 0.2) is 0 Å². The zero-order valence-electron chi connectivity index (χ0n) is 10.8. The molecule has 1 saturated carbocycles. The van der Waals surface area contributed by atoms with Crippen LogP contribution in [-0.4, -0.2) is 23.5 Å². The summed E-state index contributed by atoms with van der Waals surface area (Å²) < 4.78 is 0. The molecule has 2 atom stereocenters. The van der Waals surface area contributed by atoms with E-state index in [0.29, 0.717) is 24.9 Å². The van der Waals surface area contributed by atoms with Gasteiger partial charge < -0.3 is 10.6 Å². The average molecular weight is 263 g/mol. The molecule has 1 aromatic carbocycles. The van der Waals surface area contributed by atoms with Crippen molar-refractivity contribution in [1.82, 2.24) is 10.6 Å². The Morgan fingerprint density at radius 1 is 1.53 bits per heavy atom. The Morgan fingerprint density at radius 3 is 2.89 bits per heavy atom. The van der Waals surface area contributed by atoms with E-state index < -0.39 is 4.92 Å². The number of carbonyl (C=O) groups excluding carboxylic acids is 1. The molecule has 0 aliphatic heterocycles. The number of benzene rings is 1. The third kappa shape index (κ3) is 3.94. The zero-order chi connectivity index (χ0) is 13.8. The minimum atomic E-state index is -0.419. The van der Waals surface area contributed by atoms with Crippen molar-refractivity contribution in [3.63, 3.8) is 0 Å². The Balaban J connectivity index is 1.74. The van der Waals surface area contributed by atoms with Gasteiger partial charge in [-0.1, -0.05) is 19.1 Å². The van der Waals surface area contributed by atoms with Gasteiger partial charge in [-0.15, -0.1) is 0 Å². The fourth-order valence-corrected chi connectivity index (χ4v) is 1.89. The predicted molar refractivity (Wildman–Crippen MR) is 70.9 cm³/mol. The van der Waals surface area contributed by atoms with Crippen molar-refractivity contribution in [2.24, 2.45) is 5.92 Å². The summed E-state index contributed by atoms with van der Waals surface area (Å²) >= 11 is 0. The van der Waals surface area contributed by atoms with Crippen LogP contribution in [0, 0.1) is 16.0 Å². The van der Waals surface area contributed by atoms with Gasteiger partial charge in [0.25, 0.3) is 5.69 Å². The molecule has 1 aliphatic carbocycles. The van der Waals surface area contributed by atoms with Gasteiger partial charge in [-0.2, -0.15) is 0 Å². The van der Waals surface area contributed by atoms with E-state index >= 15 is 0 Å². The normalized spacial score (nSPS) is 20.7. The summed E-state index contributed by atoms with van der Waals surface area (Å²) in [5.74, 6) is 0.572. The Hall–Kier alpha value is -2.11. The highest BCUT2D eigenvalue weighted by molar-refractivity contribution is 5.74. The van der Waals surface area contributed by atoms with Crippen molar-refractivity contribution in [3.05, 3.63) is 39.9 Å². The summed E-state index contributed by atoms with van der Waals surface area (Å²) in [4.78, 5) is 21.7. The number of hydrogen-bond acceptors (Lipinski definition) is 3. The highest BCUT2D eigenvalue weighted by Gasteiger charge is 2.33. The molecule has 0 saturated heterocycles. The molecule has 6 nitrogen and oxygen atoms in total. The van der Waals surface area contributed by atoms with Gasteiger partial charge in [-0.05, 0) is 24.3 Å². The number of carbonyl (C=O) groups is 1. The number of urea groups is 1. The molecule has 19 heavy (non-hydrogen) atoms. The van der Waals surface area contributed by atoms with Crippen LogP contribution in [-0.2, 0) is 6.42 Å². The first-order valence-corrected chi connectivity index (χ1v) is 6.34. The standard InChI is InChI=1S/C13H17N3O3/c1-9-7-12(9)15-13(17)14-6-5-10-3-2-4-11(8-10)16(18)19/h2-4,8-9,12H,5-7H2,1H3,(H2,14,15,17)/t9-,12+/m0/s1. The molecule has 0 radical (unpaired) electrons. The number of non-ortho nitro benzene ring substituents is 1. The Kier molecular flexibility index (Phi) is 3.99. The third-order valence-corrected chi connectivity index (χ3v) is 3.25. The number of hydrogen-bond donors (Lipinski definition) is 2. The van der Waals surface area contributed by atoms with Gasteiger partial charge in [0.2, 0.25) is 0 Å². The van der Waals surface area contributed by atoms with Crippen LogP contribution in [0.25, 0.3) is 0 Å². The second-order valence-corrected chi connectivity index (χ2v) is 4.90. The summed E-state index contributed by atoms with van der Waals surface area (Å²) in [6.45, 7) is 2.56. The van der Waals surface area contributed by atoms with Crippen molar-refractivity contribution < 1.29 is 9.72 Å². The maximum atomic E-state index is 11.5. The van der Waals surface area contributed by atoms with Crippen LogP contribution in [0.15, 0.2) is 24.3 Å². The maximum absolute atomic E-state index is 11.5. The van der Waals surface area contributed by atoms with Crippen LogP contribution in [0.1, 0.15) is 18.9 Å². The van der Waals surface area contributed by atoms with Crippen molar-refractivity contribution in [2.45, 2.75) is 25.8 Å². The Morgan fingerprint density at radius 2 is 2.26 bits per heavy atom. The highest BCUT2D eigenvalue weighted by atomic mass is 16.6. The van der Waals surface area contributed by atoms with E-state index in [0.717, 1.165) is 12.0 Å². The molecule has 0 unspecified atom stereocenters. The smallest absolute Gasteiger partial charge is 0.315 e. The van der Waals surface area contributed by atoms with E-state index in [2.05, 4.69) is 17.6 Å². The summed E-state index contributed by atoms with van der Waals surface area (Å²) in [6, 6.07) is 6.59. The summed E-state index contributed by atoms with van der Waals surface area (Å²) in [5.41, 5.74) is 0.919. The van der Waals surface area contributed by atoms with Crippen molar-refractivity contribution in [3.8, 4) is 0 Å². The van der Waals surface area contributed by atoms with Gasteiger partial charge >= 0.3 is 6.03 Å². The van der Waals surface area contributed by atoms with E-state index in [9.17, 15) is 14.9 Å². The van der Waals surface area contributed by atoms with E-state index in [1.54, 1.807) is 6.07 Å². The molecule has 0 bridgehead atoms. The molecule has 1 fully saturated rings. The molecule has 1 aliphatic rings. The summed E-state index contributed by atoms with van der Waals surface area (Å²) in [5, 5.41) is 16.2. The summed E-state index contributed by atoms with van der Waals surface area (Å²) in [7, 11) is 0. The van der Waals surface area contributed by atoms with Crippen molar-refractivity contribution in [2.75, 3.05) is 6.54 Å². The lowest BCUT2D eigenvalue weighted by atomic mass is 10.1. The Bertz CT molecular complexity index is 490. The monoisotopic (exact) mass is 263 g/mol. The van der Waals surface area contributed by atoms with Gasteiger partial charge in [-0.25, -0.2) is 4.79 Å². The van der Waals surface area contributed by atoms with Crippen LogP contribution >= 0.6 is 0 Å². The first-order chi connectivity index (χ1) is 9.06. The second kappa shape index (κ2) is 5.69. The lowest BCUT2D eigenvalue weighted by Gasteiger charge is -2.06. The predicted octanol–water partition coefficient (Wildman–Crippen LogP) is 1.84. The maximum Gasteiger partial charge on any atom is 0.315 e. The van der Waals surface area contributed by atoms with Gasteiger partial charge in [0.1, 0.15) is 0 Å². The van der Waals surface area contributed by atoms with E-state index in [1.807, 2.05) is 6.07 Å². The van der Waals surface area contributed by atoms with Crippen molar-refractivity contribution >= 4 is 11.7 Å². The van der Waals surface area contributed by atoms with Crippen LogP contribution in [0.5, 0.6) is 0 Å². The number of nitrogens with zero attached hydrogens (tertiary/aromatic N) is 1. The lowest BCUT2D eigenvalue weighted by Crippen LogP contribution is -2.38. The first kappa shape index (κ1) is 13.3. The lowest BCUT2D eigenvalue weighted by molar-refractivity contribution is -0.384. The number of amides is 2. The minimum absolute atomic E-state index is 0.0776. The van der Waals surface area contributed by atoms with E-state index in [-0.39, 0.29) is 11.7 Å². The first-order valence-electron chi connectivity index (χ1n) is 6.34. The van der Waals surface area contributed by atoms with Crippen LogP contribution in [0.2, 0.25) is 0 Å². The summed E-state index contributed by atoms with van der Waals surface area (Å²) in [6.07, 6.45) is 1.62. The number of nitro groups is 1. The largest absolute Gasteiger partial charge is 0.338 e. The fourth-order valence-electron chi connectivity index (χ4n) is 1.89. The number of nitrogens with one attached hydrogen (secondary N) is 2. The molecular weight excluding hydrogens is 246 g/mol. The molecule has 0 spiro atoms. The number of nitro benzene ring substituents is 1. The molecule has 0 heterocycles. The quantitative estimate of drug-likeness (QED) is 0.628. The topological polar surface area (TPSA) is 84.3 Å². The van der Waals surface area contributed by atoms with E-state index in [1.165, 1.54) is 12.1 Å². The van der Waals surface area contributed by atoms with E-state index in [4.69, 9.17) is 0 Å². The molecule has 6 heteroatoms. The molecule has 1 aromatic rings. The van der Waals surface area contributed by atoms with Crippen molar-refractivity contribution in [1.29, 1.82) is 0 Å². The Labute approximate surface area is 111 Å². The molecule has 0 aromatic heterocycles. The van der Waals surface area contributed by atoms with Gasteiger partial charge in [0.05, 0.1) is 4.92 Å². The second-order valence-electron chi connectivity index (χ2n) is 4.90. The van der Waals surface area contributed by atoms with Gasteiger partial charge in [-0.3, -0.25) is 10.1 Å². The highest BCUT2D eigenvalue weighted by Crippen LogP contribution is 2.28. The van der Waals surface area contributed by atoms with Crippen LogP contribution < -0.4 is 10.6 Å². The molecule has 2 amide bonds. The third-order valence-electron chi connectivity index (χ3n) is 3.25. The molecule has 2 N–H and O–H groups in total. The van der Waals surface area contributed by atoms with Gasteiger partial charge in [0, 0.05) is 24.7 Å². The number of rotatable bonds is 5. The molecular formula is C13H17N3O3. The van der Waals surface area contributed by atoms with Crippen LogP contribution in [0.4, 0.5) is 10.5 Å². The fraction of sp³-hybridized carbons (Fsp3) is 0.462. The molecule has 2 rings (SSSR count). The average Bonchev–Trinajstić information content (AvgIpc) is 3.05. The molecule has 102 valence electrons. The zero-order valence-corrected chi connectivity index (χ0v) is 10.8. The SMILES string of the molecule is C[C@H]1C[C@H]1NC(=O)NCCc1cccc([N+](=O)[O-])c1.